The Morgan fingerprint density at radius 3 is 2.65 bits per heavy atom. The maximum absolute atomic E-state index is 13.3. The molecular weight excluding hydrogens is 434 g/mol. The number of hydrogen-bond acceptors (Lipinski definition) is 5. The molecule has 8 nitrogen and oxygen atoms in total. The molecule has 0 atom stereocenters. The second-order valence-electron chi connectivity index (χ2n) is 8.01. The third kappa shape index (κ3) is 5.28. The molecule has 0 aliphatic rings. The second kappa shape index (κ2) is 10.7. The number of methoxy groups -OCH3 is 1. The molecule has 0 saturated heterocycles. The minimum Gasteiger partial charge on any atom is -0.497 e. The average Bonchev–Trinajstić information content (AvgIpc) is 3.39. The number of carbonyl (C=O) groups excluding carboxylic acids is 1. The van der Waals surface area contributed by atoms with Crippen LogP contribution in [0.2, 0.25) is 0 Å². The van der Waals surface area contributed by atoms with Gasteiger partial charge in [-0.15, -0.1) is 0 Å². The number of amides is 1. The van der Waals surface area contributed by atoms with E-state index in [1.807, 2.05) is 30.3 Å². The van der Waals surface area contributed by atoms with Gasteiger partial charge in [0.05, 0.1) is 37.4 Å². The van der Waals surface area contributed by atoms with Crippen molar-refractivity contribution in [1.82, 2.24) is 14.5 Å². The summed E-state index contributed by atoms with van der Waals surface area (Å²) in [6.07, 6.45) is 2.95. The van der Waals surface area contributed by atoms with Crippen LogP contribution in [0, 0.1) is 0 Å². The van der Waals surface area contributed by atoms with Crippen LogP contribution in [0.25, 0.3) is 10.9 Å². The number of nitrogens with one attached hydrogen (secondary N) is 1. The lowest BCUT2D eigenvalue weighted by molar-refractivity contribution is -0.121. The lowest BCUT2D eigenvalue weighted by Gasteiger charge is -2.14. The Bertz CT molecular complexity index is 1390. The van der Waals surface area contributed by atoms with Crippen LogP contribution in [0.4, 0.5) is 0 Å². The molecule has 2 heterocycles. The normalized spacial score (nSPS) is 11.0. The zero-order valence-electron chi connectivity index (χ0n) is 19.0. The Labute approximate surface area is 196 Å². The molecule has 4 rings (SSSR count). The fraction of sp³-hybridized carbons (Fsp3) is 0.269. The van der Waals surface area contributed by atoms with Crippen LogP contribution in [-0.4, -0.2) is 22.2 Å². The van der Waals surface area contributed by atoms with Crippen LogP contribution in [0.3, 0.4) is 0 Å². The molecule has 4 aromatic rings. The molecule has 8 heteroatoms. The van der Waals surface area contributed by atoms with Gasteiger partial charge >= 0.3 is 5.69 Å². The fourth-order valence-corrected chi connectivity index (χ4v) is 3.92. The number of furan rings is 1. The molecule has 0 bridgehead atoms. The highest BCUT2D eigenvalue weighted by molar-refractivity contribution is 5.78. The predicted molar refractivity (Wildman–Crippen MR) is 129 cm³/mol. The van der Waals surface area contributed by atoms with Crippen LogP contribution in [0.1, 0.15) is 30.6 Å². The third-order valence-electron chi connectivity index (χ3n) is 5.68. The van der Waals surface area contributed by atoms with Crippen molar-refractivity contribution in [2.75, 3.05) is 7.11 Å². The minimum absolute atomic E-state index is 0.0994. The first-order chi connectivity index (χ1) is 16.6. The van der Waals surface area contributed by atoms with Crippen LogP contribution in [0.5, 0.6) is 5.75 Å². The van der Waals surface area contributed by atoms with E-state index in [1.54, 1.807) is 48.3 Å². The number of ether oxygens (including phenoxy) is 1. The fourth-order valence-electron chi connectivity index (χ4n) is 3.92. The summed E-state index contributed by atoms with van der Waals surface area (Å²) in [4.78, 5) is 38.5. The van der Waals surface area contributed by atoms with Crippen molar-refractivity contribution in [2.24, 2.45) is 0 Å². The zero-order chi connectivity index (χ0) is 23.9. The largest absolute Gasteiger partial charge is 0.497 e. The maximum Gasteiger partial charge on any atom is 0.331 e. The second-order valence-corrected chi connectivity index (χ2v) is 8.01. The van der Waals surface area contributed by atoms with Crippen LogP contribution in [-0.2, 0) is 24.4 Å². The van der Waals surface area contributed by atoms with Crippen molar-refractivity contribution in [3.63, 3.8) is 0 Å². The van der Waals surface area contributed by atoms with Gasteiger partial charge in [-0.25, -0.2) is 4.79 Å². The van der Waals surface area contributed by atoms with Crippen molar-refractivity contribution < 1.29 is 13.9 Å². The Hall–Kier alpha value is -4.07. The smallest absolute Gasteiger partial charge is 0.331 e. The molecular formula is C26H27N3O5. The van der Waals surface area contributed by atoms with Crippen molar-refractivity contribution in [2.45, 2.75) is 38.9 Å². The highest BCUT2D eigenvalue weighted by atomic mass is 16.5. The standard InChI is InChI=1S/C26H27N3O5/c1-33-20-9-6-8-19(16-20)18-29-23-12-3-2-11-22(23)25(31)28(26(29)32)14-5-4-13-24(30)27-17-21-10-7-15-34-21/h2-3,6-12,15-16H,4-5,13-14,17-18H2,1H3,(H,27,30). The van der Waals surface area contributed by atoms with Gasteiger partial charge in [0.2, 0.25) is 5.91 Å². The van der Waals surface area contributed by atoms with Crippen LogP contribution in [0.15, 0.2) is 80.9 Å². The Kier molecular flexibility index (Phi) is 7.27. The number of benzene rings is 2. The first-order valence-corrected chi connectivity index (χ1v) is 11.2. The van der Waals surface area contributed by atoms with E-state index >= 15 is 0 Å². The van der Waals surface area contributed by atoms with E-state index in [1.165, 1.54) is 4.57 Å². The summed E-state index contributed by atoms with van der Waals surface area (Å²) in [5.74, 6) is 1.29. The lowest BCUT2D eigenvalue weighted by Crippen LogP contribution is -2.40. The van der Waals surface area contributed by atoms with E-state index in [2.05, 4.69) is 5.32 Å². The van der Waals surface area contributed by atoms with Crippen molar-refractivity contribution in [1.29, 1.82) is 0 Å². The minimum atomic E-state index is -0.367. The van der Waals surface area contributed by atoms with Crippen LogP contribution < -0.4 is 21.3 Å². The number of para-hydroxylation sites is 1. The Morgan fingerprint density at radius 2 is 1.85 bits per heavy atom. The molecule has 0 fully saturated rings. The first-order valence-electron chi connectivity index (χ1n) is 11.2. The molecule has 0 radical (unpaired) electrons. The van der Waals surface area contributed by atoms with E-state index < -0.39 is 0 Å². The highest BCUT2D eigenvalue weighted by Crippen LogP contribution is 2.15. The summed E-state index contributed by atoms with van der Waals surface area (Å²) in [5, 5.41) is 3.29. The molecule has 0 saturated carbocycles. The Morgan fingerprint density at radius 1 is 1.00 bits per heavy atom. The molecule has 2 aromatic heterocycles. The van der Waals surface area contributed by atoms with Gasteiger partial charge in [-0.3, -0.25) is 18.7 Å². The number of carbonyl (C=O) groups is 1. The summed E-state index contributed by atoms with van der Waals surface area (Å²) in [7, 11) is 1.60. The van der Waals surface area contributed by atoms with Gasteiger partial charge < -0.3 is 14.5 Å². The third-order valence-corrected chi connectivity index (χ3v) is 5.68. The van der Waals surface area contributed by atoms with Crippen molar-refractivity contribution >= 4 is 16.8 Å². The predicted octanol–water partition coefficient (Wildman–Crippen LogP) is 3.30. The molecule has 0 aliphatic carbocycles. The number of aromatic nitrogens is 2. The number of rotatable bonds is 10. The number of nitrogens with zero attached hydrogens (tertiary/aromatic N) is 2. The van der Waals surface area contributed by atoms with Crippen molar-refractivity contribution in [3.05, 3.63) is 99.1 Å². The van der Waals surface area contributed by atoms with Gasteiger partial charge in [-0.1, -0.05) is 24.3 Å². The van der Waals surface area contributed by atoms with Crippen molar-refractivity contribution in [3.8, 4) is 5.75 Å². The Balaban J connectivity index is 1.49. The van der Waals surface area contributed by atoms with E-state index in [9.17, 15) is 14.4 Å². The monoisotopic (exact) mass is 461 g/mol. The molecule has 1 amide bonds. The summed E-state index contributed by atoms with van der Waals surface area (Å²) in [5.41, 5.74) is 0.803. The molecule has 1 N–H and O–H groups in total. The van der Waals surface area contributed by atoms with E-state index in [0.717, 1.165) is 5.56 Å². The zero-order valence-corrected chi connectivity index (χ0v) is 19.0. The summed E-state index contributed by atoms with van der Waals surface area (Å²) in [6, 6.07) is 18.2. The van der Waals surface area contributed by atoms with E-state index in [0.29, 0.717) is 54.8 Å². The quantitative estimate of drug-likeness (QED) is 0.366. The van der Waals surface area contributed by atoms with E-state index in [4.69, 9.17) is 9.15 Å². The summed E-state index contributed by atoms with van der Waals surface area (Å²) in [6.45, 7) is 0.892. The molecule has 0 spiro atoms. The lowest BCUT2D eigenvalue weighted by atomic mass is 10.2. The molecule has 0 aliphatic heterocycles. The highest BCUT2D eigenvalue weighted by Gasteiger charge is 2.14. The summed E-state index contributed by atoms with van der Waals surface area (Å²) < 4.78 is 13.4. The number of unbranched alkanes of at least 4 members (excludes halogenated alkanes) is 1. The van der Waals surface area contributed by atoms with Gasteiger partial charge in [0.15, 0.2) is 0 Å². The molecule has 2 aromatic carbocycles. The summed E-state index contributed by atoms with van der Waals surface area (Å²) >= 11 is 0. The van der Waals surface area contributed by atoms with Gasteiger partial charge in [0, 0.05) is 13.0 Å². The number of fused-ring (bicyclic) bond motifs is 1. The topological polar surface area (TPSA) is 95.5 Å². The van der Waals surface area contributed by atoms with E-state index in [-0.39, 0.29) is 23.7 Å². The van der Waals surface area contributed by atoms with Gasteiger partial charge in [0.25, 0.3) is 5.56 Å². The molecule has 34 heavy (non-hydrogen) atoms. The van der Waals surface area contributed by atoms with Gasteiger partial charge in [-0.2, -0.15) is 0 Å². The van der Waals surface area contributed by atoms with Gasteiger partial charge in [-0.05, 0) is 54.8 Å². The SMILES string of the molecule is COc1cccc(Cn2c(=O)n(CCCCC(=O)NCc3ccco3)c(=O)c3ccccc32)c1. The number of hydrogen-bond donors (Lipinski definition) is 1. The van der Waals surface area contributed by atoms with Crippen LogP contribution >= 0.6 is 0 Å². The van der Waals surface area contributed by atoms with Gasteiger partial charge in [0.1, 0.15) is 11.5 Å². The molecule has 0 unspecified atom stereocenters. The maximum atomic E-state index is 13.3. The molecule has 176 valence electrons. The first kappa shape index (κ1) is 23.1. The average molecular weight is 462 g/mol.